The van der Waals surface area contributed by atoms with Crippen LogP contribution < -0.4 is 5.73 Å². The number of carbonyl (C=O) groups excluding carboxylic acids is 1. The van der Waals surface area contributed by atoms with Crippen LogP contribution in [0.5, 0.6) is 0 Å². The maximum atomic E-state index is 12.4. The highest BCUT2D eigenvalue weighted by molar-refractivity contribution is 7.20. The fourth-order valence-corrected chi connectivity index (χ4v) is 3.65. The van der Waals surface area contributed by atoms with E-state index < -0.39 is 0 Å². The summed E-state index contributed by atoms with van der Waals surface area (Å²) in [6.07, 6.45) is 0.814. The van der Waals surface area contributed by atoms with Crippen LogP contribution in [0, 0.1) is 5.41 Å². The predicted molar refractivity (Wildman–Crippen MR) is 76.6 cm³/mol. The van der Waals surface area contributed by atoms with Crippen LogP contribution in [0.4, 0.5) is 0 Å². The summed E-state index contributed by atoms with van der Waals surface area (Å²) >= 11 is 13.1. The Morgan fingerprint density at radius 3 is 2.72 bits per heavy atom. The minimum absolute atomic E-state index is 0.0527. The average Bonchev–Trinajstić information content (AvgIpc) is 2.60. The van der Waals surface area contributed by atoms with Crippen LogP contribution in [0.15, 0.2) is 6.07 Å². The van der Waals surface area contributed by atoms with E-state index in [-0.39, 0.29) is 17.4 Å². The Morgan fingerprint density at radius 2 is 2.22 bits per heavy atom. The number of hydrogen-bond acceptors (Lipinski definition) is 3. The van der Waals surface area contributed by atoms with E-state index in [0.717, 1.165) is 6.42 Å². The highest BCUT2D eigenvalue weighted by Crippen LogP contribution is 2.34. The second kappa shape index (κ2) is 5.00. The van der Waals surface area contributed by atoms with Gasteiger partial charge in [-0.2, -0.15) is 0 Å². The lowest BCUT2D eigenvalue weighted by molar-refractivity contribution is 0.0533. The first-order valence-corrected chi connectivity index (χ1v) is 7.38. The van der Waals surface area contributed by atoms with Gasteiger partial charge in [0.1, 0.15) is 4.34 Å². The maximum Gasteiger partial charge on any atom is 0.256 e. The molecule has 1 aliphatic rings. The molecule has 1 atom stereocenters. The van der Waals surface area contributed by atoms with E-state index >= 15 is 0 Å². The van der Waals surface area contributed by atoms with Gasteiger partial charge in [-0.15, -0.1) is 11.3 Å². The van der Waals surface area contributed by atoms with Gasteiger partial charge in [0.15, 0.2) is 0 Å². The lowest BCUT2D eigenvalue weighted by Crippen LogP contribution is -2.53. The first-order chi connectivity index (χ1) is 8.31. The first kappa shape index (κ1) is 14.1. The van der Waals surface area contributed by atoms with Crippen LogP contribution in [0.25, 0.3) is 0 Å². The summed E-state index contributed by atoms with van der Waals surface area (Å²) in [5.41, 5.74) is 6.49. The number of likely N-dealkylation sites (tertiary alicyclic amines) is 1. The van der Waals surface area contributed by atoms with E-state index in [4.69, 9.17) is 28.9 Å². The molecule has 0 aliphatic carbocycles. The van der Waals surface area contributed by atoms with Crippen LogP contribution in [-0.2, 0) is 0 Å². The fraction of sp³-hybridized carbons (Fsp3) is 0.583. The van der Waals surface area contributed by atoms with Gasteiger partial charge in [0.05, 0.1) is 9.90 Å². The van der Waals surface area contributed by atoms with E-state index in [0.29, 0.717) is 27.3 Å². The van der Waals surface area contributed by atoms with Crippen molar-refractivity contribution < 1.29 is 4.79 Å². The Balaban J connectivity index is 2.18. The molecule has 0 saturated carbocycles. The van der Waals surface area contributed by atoms with E-state index in [9.17, 15) is 4.79 Å². The quantitative estimate of drug-likeness (QED) is 0.865. The third kappa shape index (κ3) is 2.67. The molecule has 1 aromatic heterocycles. The molecule has 1 fully saturated rings. The summed E-state index contributed by atoms with van der Waals surface area (Å²) in [7, 11) is 0. The number of hydrogen-bond donors (Lipinski definition) is 1. The van der Waals surface area contributed by atoms with Crippen LogP contribution >= 0.6 is 34.5 Å². The highest BCUT2D eigenvalue weighted by atomic mass is 35.5. The monoisotopic (exact) mass is 306 g/mol. The molecule has 3 nitrogen and oxygen atoms in total. The van der Waals surface area contributed by atoms with Gasteiger partial charge >= 0.3 is 0 Å². The van der Waals surface area contributed by atoms with Crippen molar-refractivity contribution in [3.8, 4) is 0 Å². The summed E-state index contributed by atoms with van der Waals surface area (Å²) in [5, 5.41) is 0. The van der Waals surface area contributed by atoms with Gasteiger partial charge in [-0.3, -0.25) is 4.79 Å². The molecule has 18 heavy (non-hydrogen) atoms. The summed E-state index contributed by atoms with van der Waals surface area (Å²) in [5.74, 6) is -0.0527. The van der Waals surface area contributed by atoms with Gasteiger partial charge < -0.3 is 10.6 Å². The molecular weight excluding hydrogens is 291 g/mol. The standard InChI is InChI=1S/C12H16Cl2N2OS/c1-12(2)6-16(4-3-8(12)15)11(17)7-5-9(13)18-10(7)14/h5,8H,3-4,6,15H2,1-2H3. The average molecular weight is 307 g/mol. The molecule has 100 valence electrons. The van der Waals surface area contributed by atoms with Gasteiger partial charge in [0, 0.05) is 19.1 Å². The molecular formula is C12H16Cl2N2OS. The third-order valence-corrected chi connectivity index (χ3v) is 4.97. The lowest BCUT2D eigenvalue weighted by Gasteiger charge is -2.42. The molecule has 0 radical (unpaired) electrons. The lowest BCUT2D eigenvalue weighted by atomic mass is 9.79. The zero-order chi connectivity index (χ0) is 13.5. The molecule has 1 amide bonds. The summed E-state index contributed by atoms with van der Waals surface area (Å²) in [4.78, 5) is 14.2. The summed E-state index contributed by atoms with van der Waals surface area (Å²) in [6.45, 7) is 5.49. The van der Waals surface area contributed by atoms with Crippen LogP contribution in [0.2, 0.25) is 8.67 Å². The molecule has 0 spiro atoms. The van der Waals surface area contributed by atoms with Gasteiger partial charge in [-0.1, -0.05) is 37.0 Å². The van der Waals surface area contributed by atoms with Crippen LogP contribution in [0.1, 0.15) is 30.6 Å². The zero-order valence-corrected chi connectivity index (χ0v) is 12.7. The number of nitrogens with two attached hydrogens (primary N) is 1. The topological polar surface area (TPSA) is 46.3 Å². The van der Waals surface area contributed by atoms with Gasteiger partial charge in [0.2, 0.25) is 0 Å². The van der Waals surface area contributed by atoms with Crippen molar-refractivity contribution >= 4 is 40.4 Å². The second-order valence-electron chi connectivity index (χ2n) is 5.35. The Labute approximate surface area is 121 Å². The van der Waals surface area contributed by atoms with Crippen molar-refractivity contribution in [3.05, 3.63) is 20.3 Å². The minimum Gasteiger partial charge on any atom is -0.338 e. The van der Waals surface area contributed by atoms with Gasteiger partial charge in [-0.25, -0.2) is 0 Å². The molecule has 2 heterocycles. The Kier molecular flexibility index (Phi) is 3.93. The van der Waals surface area contributed by atoms with Crippen molar-refractivity contribution in [2.75, 3.05) is 13.1 Å². The summed E-state index contributed by atoms with van der Waals surface area (Å²) in [6, 6.07) is 1.77. The van der Waals surface area contributed by atoms with Crippen molar-refractivity contribution in [1.29, 1.82) is 0 Å². The van der Waals surface area contributed by atoms with Crippen LogP contribution in [0.3, 0.4) is 0 Å². The summed E-state index contributed by atoms with van der Waals surface area (Å²) < 4.78 is 0.994. The van der Waals surface area contributed by atoms with Crippen molar-refractivity contribution in [2.24, 2.45) is 11.1 Å². The molecule has 1 unspecified atom stereocenters. The molecule has 1 aromatic rings. The van der Waals surface area contributed by atoms with Crippen molar-refractivity contribution in [1.82, 2.24) is 4.90 Å². The zero-order valence-electron chi connectivity index (χ0n) is 10.4. The SMILES string of the molecule is CC1(C)CN(C(=O)c2cc(Cl)sc2Cl)CCC1N. The number of amides is 1. The Morgan fingerprint density at radius 1 is 1.56 bits per heavy atom. The molecule has 1 aliphatic heterocycles. The van der Waals surface area contributed by atoms with Gasteiger partial charge in [0.25, 0.3) is 5.91 Å². The molecule has 2 rings (SSSR count). The molecule has 1 saturated heterocycles. The Hall–Kier alpha value is -0.290. The van der Waals surface area contributed by atoms with E-state index in [1.54, 1.807) is 6.07 Å². The van der Waals surface area contributed by atoms with Gasteiger partial charge in [-0.05, 0) is 17.9 Å². The smallest absolute Gasteiger partial charge is 0.256 e. The minimum atomic E-state index is -0.0692. The highest BCUT2D eigenvalue weighted by Gasteiger charge is 2.36. The number of rotatable bonds is 1. The van der Waals surface area contributed by atoms with E-state index in [1.807, 2.05) is 4.90 Å². The third-order valence-electron chi connectivity index (χ3n) is 3.49. The normalized spacial score (nSPS) is 23.2. The number of halogens is 2. The molecule has 0 bridgehead atoms. The van der Waals surface area contributed by atoms with Crippen molar-refractivity contribution in [2.45, 2.75) is 26.3 Å². The number of thiophene rings is 1. The van der Waals surface area contributed by atoms with E-state index in [1.165, 1.54) is 11.3 Å². The molecule has 0 aromatic carbocycles. The largest absolute Gasteiger partial charge is 0.338 e. The molecule has 2 N–H and O–H groups in total. The van der Waals surface area contributed by atoms with Crippen molar-refractivity contribution in [3.63, 3.8) is 0 Å². The van der Waals surface area contributed by atoms with E-state index in [2.05, 4.69) is 13.8 Å². The predicted octanol–water partition coefficient (Wildman–Crippen LogP) is 3.25. The first-order valence-electron chi connectivity index (χ1n) is 5.81. The maximum absolute atomic E-state index is 12.4. The molecule has 6 heteroatoms. The van der Waals surface area contributed by atoms with Crippen LogP contribution in [-0.4, -0.2) is 29.9 Å². The fourth-order valence-electron chi connectivity index (χ4n) is 2.20. The number of nitrogens with zero attached hydrogens (tertiary/aromatic N) is 1. The number of carbonyl (C=O) groups is 1. The number of piperidine rings is 1. The Bertz CT molecular complexity index is 473. The second-order valence-corrected chi connectivity index (χ2v) is 7.63.